The van der Waals surface area contributed by atoms with E-state index < -0.39 is 10.0 Å². The highest BCUT2D eigenvalue weighted by atomic mass is 32.2. The molecule has 1 unspecified atom stereocenters. The van der Waals surface area contributed by atoms with Gasteiger partial charge in [0.2, 0.25) is 10.0 Å². The summed E-state index contributed by atoms with van der Waals surface area (Å²) in [6.45, 7) is 5.71. The quantitative estimate of drug-likeness (QED) is 0.784. The van der Waals surface area contributed by atoms with Gasteiger partial charge in [-0.15, -0.1) is 0 Å². The number of ether oxygens (including phenoxy) is 1. The Labute approximate surface area is 128 Å². The fraction of sp³-hybridized carbons (Fsp3) is 1.00. The molecule has 3 rings (SSSR count). The minimum atomic E-state index is -2.99. The standard InChI is InChI=1S/C15H28N2O3S/c1-21(18,19)17-8-3-13(4-9-17)14-2-7-16(12-14)15-5-10-20-11-6-15/h13-15H,2-12H2,1H3. The van der Waals surface area contributed by atoms with Gasteiger partial charge >= 0.3 is 0 Å². The largest absolute Gasteiger partial charge is 0.381 e. The summed E-state index contributed by atoms with van der Waals surface area (Å²) in [5.74, 6) is 1.49. The van der Waals surface area contributed by atoms with Gasteiger partial charge in [-0.3, -0.25) is 4.90 Å². The van der Waals surface area contributed by atoms with E-state index >= 15 is 0 Å². The van der Waals surface area contributed by atoms with E-state index in [0.717, 1.165) is 51.1 Å². The maximum absolute atomic E-state index is 11.6. The van der Waals surface area contributed by atoms with Gasteiger partial charge in [0.1, 0.15) is 0 Å². The monoisotopic (exact) mass is 316 g/mol. The highest BCUT2D eigenvalue weighted by Gasteiger charge is 2.36. The summed E-state index contributed by atoms with van der Waals surface area (Å²) in [6, 6.07) is 0.722. The molecule has 0 aromatic heterocycles. The van der Waals surface area contributed by atoms with Gasteiger partial charge in [0.25, 0.3) is 0 Å². The summed E-state index contributed by atoms with van der Waals surface area (Å²) in [4.78, 5) is 2.66. The van der Waals surface area contributed by atoms with Gasteiger partial charge in [-0.25, -0.2) is 12.7 Å². The summed E-state index contributed by atoms with van der Waals surface area (Å²) < 4.78 is 30.3. The lowest BCUT2D eigenvalue weighted by Crippen LogP contribution is -2.41. The smallest absolute Gasteiger partial charge is 0.211 e. The SMILES string of the molecule is CS(=O)(=O)N1CCC(C2CCN(C3CCOCC3)C2)CC1. The van der Waals surface area contributed by atoms with E-state index in [1.807, 2.05) is 0 Å². The molecule has 3 aliphatic rings. The van der Waals surface area contributed by atoms with E-state index in [4.69, 9.17) is 4.74 Å². The van der Waals surface area contributed by atoms with Crippen LogP contribution in [0.5, 0.6) is 0 Å². The van der Waals surface area contributed by atoms with E-state index in [1.165, 1.54) is 38.6 Å². The highest BCUT2D eigenvalue weighted by molar-refractivity contribution is 7.88. The van der Waals surface area contributed by atoms with Gasteiger partial charge in [-0.05, 0) is 50.5 Å². The van der Waals surface area contributed by atoms with Crippen molar-refractivity contribution >= 4 is 10.0 Å². The lowest BCUT2D eigenvalue weighted by Gasteiger charge is -2.35. The van der Waals surface area contributed by atoms with Crippen LogP contribution in [-0.4, -0.2) is 69.3 Å². The Morgan fingerprint density at radius 1 is 0.905 bits per heavy atom. The number of likely N-dealkylation sites (tertiary alicyclic amines) is 1. The second-order valence-corrected chi connectivity index (χ2v) is 8.87. The van der Waals surface area contributed by atoms with Gasteiger partial charge in [0.15, 0.2) is 0 Å². The molecule has 6 heteroatoms. The van der Waals surface area contributed by atoms with Crippen LogP contribution in [0.2, 0.25) is 0 Å². The molecule has 0 aromatic carbocycles. The van der Waals surface area contributed by atoms with Crippen LogP contribution in [0.15, 0.2) is 0 Å². The van der Waals surface area contributed by atoms with Crippen LogP contribution >= 0.6 is 0 Å². The number of rotatable bonds is 3. The molecular formula is C15H28N2O3S. The Bertz CT molecular complexity index is 440. The molecular weight excluding hydrogens is 288 g/mol. The molecule has 0 aliphatic carbocycles. The van der Waals surface area contributed by atoms with Crippen molar-refractivity contribution in [3.63, 3.8) is 0 Å². The van der Waals surface area contributed by atoms with Crippen LogP contribution in [0.1, 0.15) is 32.1 Å². The summed E-state index contributed by atoms with van der Waals surface area (Å²) >= 11 is 0. The molecule has 0 saturated carbocycles. The molecule has 0 radical (unpaired) electrons. The van der Waals surface area contributed by atoms with E-state index in [9.17, 15) is 8.42 Å². The summed E-state index contributed by atoms with van der Waals surface area (Å²) in [5.41, 5.74) is 0. The zero-order valence-electron chi connectivity index (χ0n) is 13.0. The van der Waals surface area contributed by atoms with Gasteiger partial charge < -0.3 is 4.74 Å². The Morgan fingerprint density at radius 3 is 2.14 bits per heavy atom. The minimum absolute atomic E-state index is 0.716. The van der Waals surface area contributed by atoms with E-state index in [2.05, 4.69) is 4.90 Å². The first-order valence-corrected chi connectivity index (χ1v) is 10.2. The average molecular weight is 316 g/mol. The number of hydrogen-bond acceptors (Lipinski definition) is 4. The first-order chi connectivity index (χ1) is 10.0. The molecule has 3 fully saturated rings. The molecule has 5 nitrogen and oxygen atoms in total. The third-order valence-electron chi connectivity index (χ3n) is 5.60. The highest BCUT2D eigenvalue weighted by Crippen LogP contribution is 2.34. The van der Waals surface area contributed by atoms with Crippen LogP contribution in [0.3, 0.4) is 0 Å². The fourth-order valence-electron chi connectivity index (χ4n) is 4.26. The van der Waals surface area contributed by atoms with Crippen molar-refractivity contribution in [2.45, 2.75) is 38.1 Å². The Morgan fingerprint density at radius 2 is 1.52 bits per heavy atom. The second-order valence-electron chi connectivity index (χ2n) is 6.89. The summed E-state index contributed by atoms with van der Waals surface area (Å²) in [6.07, 6.45) is 7.06. The van der Waals surface area contributed by atoms with E-state index in [-0.39, 0.29) is 0 Å². The van der Waals surface area contributed by atoms with Crippen molar-refractivity contribution in [3.05, 3.63) is 0 Å². The molecule has 0 amide bonds. The lowest BCUT2D eigenvalue weighted by atomic mass is 9.84. The Hall–Kier alpha value is -0.170. The number of nitrogens with zero attached hydrogens (tertiary/aromatic N) is 2. The molecule has 122 valence electrons. The third kappa shape index (κ3) is 3.78. The van der Waals surface area contributed by atoms with Gasteiger partial charge in [0.05, 0.1) is 6.26 Å². The summed E-state index contributed by atoms with van der Waals surface area (Å²) in [5, 5.41) is 0. The Balaban J connectivity index is 1.48. The average Bonchev–Trinajstić information content (AvgIpc) is 2.97. The molecule has 0 spiro atoms. The number of sulfonamides is 1. The van der Waals surface area contributed by atoms with Crippen LogP contribution in [0.25, 0.3) is 0 Å². The van der Waals surface area contributed by atoms with Crippen LogP contribution < -0.4 is 0 Å². The second kappa shape index (κ2) is 6.52. The van der Waals surface area contributed by atoms with Crippen molar-refractivity contribution < 1.29 is 13.2 Å². The first-order valence-electron chi connectivity index (χ1n) is 8.31. The Kier molecular flexibility index (Phi) is 4.88. The maximum atomic E-state index is 11.6. The van der Waals surface area contributed by atoms with Crippen molar-refractivity contribution in [2.75, 3.05) is 45.6 Å². The normalized spacial score (nSPS) is 31.8. The molecule has 21 heavy (non-hydrogen) atoms. The molecule has 0 bridgehead atoms. The fourth-order valence-corrected chi connectivity index (χ4v) is 5.14. The zero-order chi connectivity index (χ0) is 14.9. The summed E-state index contributed by atoms with van der Waals surface area (Å²) in [7, 11) is -2.99. The predicted molar refractivity (Wildman–Crippen MR) is 82.7 cm³/mol. The van der Waals surface area contributed by atoms with Gasteiger partial charge in [-0.1, -0.05) is 0 Å². The van der Waals surface area contributed by atoms with Gasteiger partial charge in [-0.2, -0.15) is 0 Å². The maximum Gasteiger partial charge on any atom is 0.211 e. The van der Waals surface area contributed by atoms with Crippen molar-refractivity contribution in [3.8, 4) is 0 Å². The zero-order valence-corrected chi connectivity index (χ0v) is 13.9. The first kappa shape index (κ1) is 15.7. The van der Waals surface area contributed by atoms with Crippen LogP contribution in [0, 0.1) is 11.8 Å². The topological polar surface area (TPSA) is 49.9 Å². The van der Waals surface area contributed by atoms with Crippen molar-refractivity contribution in [1.29, 1.82) is 0 Å². The van der Waals surface area contributed by atoms with E-state index in [0.29, 0.717) is 5.92 Å². The van der Waals surface area contributed by atoms with Crippen molar-refractivity contribution in [1.82, 2.24) is 9.21 Å². The number of hydrogen-bond donors (Lipinski definition) is 0. The molecule has 0 aromatic rings. The van der Waals surface area contributed by atoms with E-state index in [1.54, 1.807) is 4.31 Å². The molecule has 3 saturated heterocycles. The van der Waals surface area contributed by atoms with Crippen molar-refractivity contribution in [2.24, 2.45) is 11.8 Å². The van der Waals surface area contributed by atoms with Gasteiger partial charge in [0, 0.05) is 38.9 Å². The van der Waals surface area contributed by atoms with Crippen LogP contribution in [0.4, 0.5) is 0 Å². The molecule has 1 atom stereocenters. The molecule has 3 heterocycles. The molecule has 0 N–H and O–H groups in total. The lowest BCUT2D eigenvalue weighted by molar-refractivity contribution is 0.0396. The predicted octanol–water partition coefficient (Wildman–Crippen LogP) is 1.16. The number of piperidine rings is 1. The van der Waals surface area contributed by atoms with Crippen LogP contribution in [-0.2, 0) is 14.8 Å². The molecule has 3 aliphatic heterocycles. The third-order valence-corrected chi connectivity index (χ3v) is 6.90. The minimum Gasteiger partial charge on any atom is -0.381 e.